The highest BCUT2D eigenvalue weighted by molar-refractivity contribution is 5.93. The van der Waals surface area contributed by atoms with Crippen LogP contribution >= 0.6 is 0 Å². The van der Waals surface area contributed by atoms with E-state index in [1.165, 1.54) is 0 Å². The molecule has 1 atom stereocenters. The fourth-order valence-corrected chi connectivity index (χ4v) is 3.44. The summed E-state index contributed by atoms with van der Waals surface area (Å²) in [6, 6.07) is 7.46. The number of unbranched alkanes of at least 4 members (excludes halogenated alkanes) is 3. The number of para-hydroxylation sites is 1. The van der Waals surface area contributed by atoms with Gasteiger partial charge in [-0.2, -0.15) is 5.26 Å². The third kappa shape index (κ3) is 5.07. The predicted octanol–water partition coefficient (Wildman–Crippen LogP) is 4.30. The third-order valence-corrected chi connectivity index (χ3v) is 4.89. The van der Waals surface area contributed by atoms with E-state index in [0.29, 0.717) is 29.4 Å². The van der Waals surface area contributed by atoms with Gasteiger partial charge in [-0.15, -0.1) is 0 Å². The molecule has 0 spiro atoms. The molecule has 0 bridgehead atoms. The van der Waals surface area contributed by atoms with Crippen LogP contribution in [0, 0.1) is 11.3 Å². The SMILES string of the molecule is CCCCCCOc1c(OC)cccc1C1C(C#N)=C(N)OC(C)=C1C(=O)OCC. The van der Waals surface area contributed by atoms with Gasteiger partial charge in [-0.3, -0.25) is 0 Å². The number of benzene rings is 1. The highest BCUT2D eigenvalue weighted by Crippen LogP contribution is 2.45. The second-order valence-electron chi connectivity index (χ2n) is 6.90. The van der Waals surface area contributed by atoms with E-state index in [1.54, 1.807) is 39.2 Å². The Kier molecular flexibility index (Phi) is 8.60. The van der Waals surface area contributed by atoms with Gasteiger partial charge in [0, 0.05) is 5.56 Å². The van der Waals surface area contributed by atoms with Crippen LogP contribution in [-0.2, 0) is 14.3 Å². The van der Waals surface area contributed by atoms with E-state index in [1.807, 2.05) is 0 Å². The third-order valence-electron chi connectivity index (χ3n) is 4.89. The Morgan fingerprint density at radius 2 is 2.03 bits per heavy atom. The molecule has 0 aromatic heterocycles. The molecular formula is C23H30N2O5. The van der Waals surface area contributed by atoms with E-state index >= 15 is 0 Å². The first-order valence-electron chi connectivity index (χ1n) is 10.2. The number of carbonyl (C=O) groups is 1. The number of hydrogen-bond donors (Lipinski definition) is 1. The number of esters is 1. The van der Waals surface area contributed by atoms with Crippen molar-refractivity contribution in [3.05, 3.63) is 46.6 Å². The molecule has 1 aliphatic rings. The fourth-order valence-electron chi connectivity index (χ4n) is 3.44. The molecule has 7 heteroatoms. The zero-order valence-electron chi connectivity index (χ0n) is 18.1. The highest BCUT2D eigenvalue weighted by Gasteiger charge is 2.38. The largest absolute Gasteiger partial charge is 0.493 e. The number of nitriles is 1. The molecule has 30 heavy (non-hydrogen) atoms. The van der Waals surface area contributed by atoms with E-state index in [0.717, 1.165) is 25.7 Å². The normalized spacial score (nSPS) is 16.0. The van der Waals surface area contributed by atoms with Crippen molar-refractivity contribution in [3.63, 3.8) is 0 Å². The Labute approximate surface area is 178 Å². The van der Waals surface area contributed by atoms with Crippen LogP contribution in [0.5, 0.6) is 11.5 Å². The summed E-state index contributed by atoms with van der Waals surface area (Å²) in [6.45, 7) is 6.19. The summed E-state index contributed by atoms with van der Waals surface area (Å²) in [4.78, 5) is 12.8. The average molecular weight is 415 g/mol. The van der Waals surface area contributed by atoms with Crippen LogP contribution < -0.4 is 15.2 Å². The van der Waals surface area contributed by atoms with Gasteiger partial charge in [-0.25, -0.2) is 4.79 Å². The first kappa shape index (κ1) is 23.1. The molecule has 0 aliphatic carbocycles. The maximum absolute atomic E-state index is 12.8. The molecule has 1 aliphatic heterocycles. The minimum atomic E-state index is -0.774. The van der Waals surface area contributed by atoms with Crippen molar-refractivity contribution >= 4 is 5.97 Å². The van der Waals surface area contributed by atoms with Crippen LogP contribution in [0.3, 0.4) is 0 Å². The molecule has 1 heterocycles. The minimum absolute atomic E-state index is 0.0373. The van der Waals surface area contributed by atoms with Gasteiger partial charge < -0.3 is 24.7 Å². The summed E-state index contributed by atoms with van der Waals surface area (Å²) in [6.07, 6.45) is 4.21. The van der Waals surface area contributed by atoms with Gasteiger partial charge in [-0.1, -0.05) is 38.3 Å². The van der Waals surface area contributed by atoms with Crippen molar-refractivity contribution < 1.29 is 23.7 Å². The summed E-state index contributed by atoms with van der Waals surface area (Å²) in [7, 11) is 1.55. The summed E-state index contributed by atoms with van der Waals surface area (Å²) in [5.74, 6) is -0.0679. The lowest BCUT2D eigenvalue weighted by atomic mass is 9.82. The topological polar surface area (TPSA) is 104 Å². The van der Waals surface area contributed by atoms with Crippen LogP contribution in [0.1, 0.15) is 57.9 Å². The summed E-state index contributed by atoms with van der Waals surface area (Å²) < 4.78 is 22.3. The second-order valence-corrected chi connectivity index (χ2v) is 6.90. The molecule has 2 N–H and O–H groups in total. The number of carbonyl (C=O) groups excluding carboxylic acids is 1. The van der Waals surface area contributed by atoms with E-state index in [-0.39, 0.29) is 23.6 Å². The molecule has 1 unspecified atom stereocenters. The number of nitrogens with two attached hydrogens (primary N) is 1. The Balaban J connectivity index is 2.54. The summed E-state index contributed by atoms with van der Waals surface area (Å²) in [5.41, 5.74) is 6.96. The number of nitrogens with zero attached hydrogens (tertiary/aromatic N) is 1. The average Bonchev–Trinajstić information content (AvgIpc) is 2.73. The van der Waals surface area contributed by atoms with Crippen LogP contribution in [0.15, 0.2) is 41.0 Å². The van der Waals surface area contributed by atoms with Crippen LogP contribution in [0.25, 0.3) is 0 Å². The number of methoxy groups -OCH3 is 1. The standard InChI is InChI=1S/C23H30N2O5/c1-5-7-8-9-13-29-21-16(11-10-12-18(21)27-4)20-17(14-24)22(25)30-15(3)19(20)23(26)28-6-2/h10-12,20H,5-9,13,25H2,1-4H3. The molecule has 162 valence electrons. The Bertz CT molecular complexity index is 867. The summed E-state index contributed by atoms with van der Waals surface area (Å²) in [5, 5.41) is 9.78. The Morgan fingerprint density at radius 3 is 2.67 bits per heavy atom. The van der Waals surface area contributed by atoms with Crippen molar-refractivity contribution in [2.24, 2.45) is 5.73 Å². The van der Waals surface area contributed by atoms with Crippen LogP contribution in [-0.4, -0.2) is 26.3 Å². The molecule has 1 aromatic rings. The van der Waals surface area contributed by atoms with Gasteiger partial charge in [0.2, 0.25) is 5.88 Å². The van der Waals surface area contributed by atoms with Gasteiger partial charge in [0.25, 0.3) is 0 Å². The zero-order valence-corrected chi connectivity index (χ0v) is 18.1. The maximum atomic E-state index is 12.8. The monoisotopic (exact) mass is 414 g/mol. The fraction of sp³-hybridized carbons (Fsp3) is 0.478. The van der Waals surface area contributed by atoms with Crippen LogP contribution in [0.2, 0.25) is 0 Å². The van der Waals surface area contributed by atoms with Gasteiger partial charge in [0.1, 0.15) is 17.4 Å². The van der Waals surface area contributed by atoms with Gasteiger partial charge in [-0.05, 0) is 26.3 Å². The van der Waals surface area contributed by atoms with Gasteiger partial charge >= 0.3 is 5.97 Å². The van der Waals surface area contributed by atoms with Gasteiger partial charge in [0.05, 0.1) is 31.8 Å². The highest BCUT2D eigenvalue weighted by atomic mass is 16.5. The van der Waals surface area contributed by atoms with Crippen molar-refractivity contribution in [2.75, 3.05) is 20.3 Å². The van der Waals surface area contributed by atoms with Crippen LogP contribution in [0.4, 0.5) is 0 Å². The van der Waals surface area contributed by atoms with Crippen molar-refractivity contribution in [2.45, 2.75) is 52.4 Å². The predicted molar refractivity (Wildman–Crippen MR) is 113 cm³/mol. The lowest BCUT2D eigenvalue weighted by molar-refractivity contribution is -0.139. The molecular weight excluding hydrogens is 384 g/mol. The molecule has 7 nitrogen and oxygen atoms in total. The molecule has 2 rings (SSSR count). The molecule has 0 radical (unpaired) electrons. The van der Waals surface area contributed by atoms with E-state index in [4.69, 9.17) is 24.7 Å². The zero-order chi connectivity index (χ0) is 22.1. The van der Waals surface area contributed by atoms with E-state index in [2.05, 4.69) is 13.0 Å². The smallest absolute Gasteiger partial charge is 0.338 e. The van der Waals surface area contributed by atoms with Crippen molar-refractivity contribution in [1.82, 2.24) is 0 Å². The number of ether oxygens (including phenoxy) is 4. The number of hydrogen-bond acceptors (Lipinski definition) is 7. The Hall–Kier alpha value is -3.14. The first-order chi connectivity index (χ1) is 14.5. The number of allylic oxidation sites excluding steroid dienone is 2. The quantitative estimate of drug-likeness (QED) is 0.450. The van der Waals surface area contributed by atoms with E-state index < -0.39 is 11.9 Å². The Morgan fingerprint density at radius 1 is 1.27 bits per heavy atom. The lowest BCUT2D eigenvalue weighted by Gasteiger charge is -2.28. The van der Waals surface area contributed by atoms with E-state index in [9.17, 15) is 10.1 Å². The molecule has 0 saturated carbocycles. The molecule has 0 amide bonds. The van der Waals surface area contributed by atoms with Crippen molar-refractivity contribution in [3.8, 4) is 17.6 Å². The second kappa shape index (κ2) is 11.1. The maximum Gasteiger partial charge on any atom is 0.338 e. The summed E-state index contributed by atoms with van der Waals surface area (Å²) >= 11 is 0. The molecule has 1 aromatic carbocycles. The minimum Gasteiger partial charge on any atom is -0.493 e. The molecule has 0 fully saturated rings. The van der Waals surface area contributed by atoms with Crippen molar-refractivity contribution in [1.29, 1.82) is 5.26 Å². The number of rotatable bonds is 10. The lowest BCUT2D eigenvalue weighted by Crippen LogP contribution is -2.26. The van der Waals surface area contributed by atoms with Gasteiger partial charge in [0.15, 0.2) is 11.5 Å². The molecule has 0 saturated heterocycles. The first-order valence-corrected chi connectivity index (χ1v) is 10.2.